The number of esters is 1. The lowest BCUT2D eigenvalue weighted by molar-refractivity contribution is -0.303. The van der Waals surface area contributed by atoms with Gasteiger partial charge in [-0.15, -0.1) is 0 Å². The van der Waals surface area contributed by atoms with Crippen LogP contribution in [0, 0.1) is 34.5 Å². The molecule has 4 aliphatic carbocycles. The van der Waals surface area contributed by atoms with Crippen LogP contribution >= 0.6 is 0 Å². The van der Waals surface area contributed by atoms with Gasteiger partial charge in [-0.2, -0.15) is 0 Å². The van der Waals surface area contributed by atoms with Crippen molar-refractivity contribution >= 4 is 11.8 Å². The van der Waals surface area contributed by atoms with Crippen LogP contribution in [0.15, 0.2) is 34.9 Å². The van der Waals surface area contributed by atoms with E-state index in [4.69, 9.17) is 14.2 Å². The quantitative estimate of drug-likeness (QED) is 0.371. The van der Waals surface area contributed by atoms with Crippen molar-refractivity contribution in [2.45, 2.75) is 85.4 Å². The number of hydrogen-bond acceptors (Lipinski definition) is 6. The van der Waals surface area contributed by atoms with Gasteiger partial charge in [-0.3, -0.25) is 4.79 Å². The Labute approximate surface area is 202 Å². The third-order valence-corrected chi connectivity index (χ3v) is 9.65. The third kappa shape index (κ3) is 2.85. The van der Waals surface area contributed by atoms with Crippen molar-refractivity contribution in [1.82, 2.24) is 0 Å². The highest BCUT2D eigenvalue weighted by Crippen LogP contribution is 2.72. The Morgan fingerprint density at radius 3 is 2.59 bits per heavy atom. The minimum absolute atomic E-state index is 0.0181. The summed E-state index contributed by atoms with van der Waals surface area (Å²) in [4.78, 5) is 27.5. The summed E-state index contributed by atoms with van der Waals surface area (Å²) in [5.41, 5.74) is -0.994. The van der Waals surface area contributed by atoms with Gasteiger partial charge in [-0.1, -0.05) is 39.0 Å². The number of fused-ring (bicyclic) bond motifs is 5. The number of hydrogen-bond donors (Lipinski definition) is 1. The second-order valence-corrected chi connectivity index (χ2v) is 12.2. The molecular weight excluding hydrogens is 432 g/mol. The first-order valence-electron chi connectivity index (χ1n) is 12.5. The molecule has 0 aromatic carbocycles. The van der Waals surface area contributed by atoms with Gasteiger partial charge in [0.25, 0.3) is 0 Å². The standard InChI is InChI=1S/C28H38O6/c1-9-14(2)24(30)33-22-15(3)12-27-16(4)10-19-20(25(19,5)6)18(21(27)29)11-17-13-32-26(7,8)34-23(17)28(22,27)31/h9,11-12,16,18-20,22-23,31H,10,13H2,1-8H3/t16-,18-,19-,20+,22+,23-,27+,28-/m1/s1. The first-order valence-corrected chi connectivity index (χ1v) is 12.5. The number of ketones is 1. The number of Topliss-reactive ketones (excluding diaryl/α,β-unsaturated/α-hetero) is 1. The molecule has 8 atom stereocenters. The average molecular weight is 471 g/mol. The van der Waals surface area contributed by atoms with E-state index in [0.717, 1.165) is 12.0 Å². The van der Waals surface area contributed by atoms with Crippen molar-refractivity contribution in [3.8, 4) is 0 Å². The number of allylic oxidation sites excluding steroid dienone is 2. The number of aliphatic hydroxyl groups is 1. The van der Waals surface area contributed by atoms with E-state index in [1.165, 1.54) is 0 Å². The van der Waals surface area contributed by atoms with Crippen LogP contribution in [-0.2, 0) is 23.8 Å². The van der Waals surface area contributed by atoms with Crippen molar-refractivity contribution in [1.29, 1.82) is 0 Å². The lowest BCUT2D eigenvalue weighted by Gasteiger charge is -2.52. The minimum atomic E-state index is -1.76. The predicted octanol–water partition coefficient (Wildman–Crippen LogP) is 4.13. The number of carbonyl (C=O) groups excluding carboxylic acids is 2. The van der Waals surface area contributed by atoms with E-state index in [1.54, 1.807) is 19.9 Å². The smallest absolute Gasteiger partial charge is 0.334 e. The van der Waals surface area contributed by atoms with Gasteiger partial charge < -0.3 is 19.3 Å². The molecule has 6 nitrogen and oxygen atoms in total. The van der Waals surface area contributed by atoms with Crippen LogP contribution in [0.1, 0.15) is 61.8 Å². The lowest BCUT2D eigenvalue weighted by atomic mass is 9.59. The molecule has 0 radical (unpaired) electrons. The number of ether oxygens (including phenoxy) is 3. The SMILES string of the molecule is CC=C(C)C(=O)O[C@H]1C(C)=C[C@]23C(=O)[C@H](C=C4COC(C)(C)O[C@H]4[C@]12O)[C@H]1[C@@H](C[C@H]3C)C1(C)C. The Hall–Kier alpha value is -1.76. The summed E-state index contributed by atoms with van der Waals surface area (Å²) < 4.78 is 18.4. The monoisotopic (exact) mass is 470 g/mol. The minimum Gasteiger partial charge on any atom is -0.451 e. The number of rotatable bonds is 2. The van der Waals surface area contributed by atoms with Crippen molar-refractivity contribution in [3.63, 3.8) is 0 Å². The predicted molar refractivity (Wildman–Crippen MR) is 126 cm³/mol. The molecule has 1 aliphatic heterocycles. The molecule has 5 rings (SSSR count). The molecule has 0 amide bonds. The van der Waals surface area contributed by atoms with Gasteiger partial charge in [0.2, 0.25) is 0 Å². The number of carbonyl (C=O) groups is 2. The van der Waals surface area contributed by atoms with Crippen LogP contribution in [0.25, 0.3) is 0 Å². The summed E-state index contributed by atoms with van der Waals surface area (Å²) in [6.45, 7) is 15.8. The first kappa shape index (κ1) is 24.0. The van der Waals surface area contributed by atoms with E-state index in [1.807, 2.05) is 32.9 Å². The average Bonchev–Trinajstić information content (AvgIpc) is 3.25. The molecule has 2 saturated carbocycles. The fourth-order valence-electron chi connectivity index (χ4n) is 7.62. The zero-order valence-corrected chi connectivity index (χ0v) is 21.6. The van der Waals surface area contributed by atoms with Gasteiger partial charge in [0.15, 0.2) is 23.3 Å². The first-order chi connectivity index (χ1) is 15.7. The fraction of sp³-hybridized carbons (Fsp3) is 0.714. The van der Waals surface area contributed by atoms with E-state index >= 15 is 0 Å². The second-order valence-electron chi connectivity index (χ2n) is 12.2. The maximum absolute atomic E-state index is 14.6. The summed E-state index contributed by atoms with van der Waals surface area (Å²) in [5.74, 6) is -1.30. The molecule has 1 spiro atoms. The van der Waals surface area contributed by atoms with E-state index in [9.17, 15) is 14.7 Å². The largest absolute Gasteiger partial charge is 0.451 e. The Morgan fingerprint density at radius 1 is 1.26 bits per heavy atom. The fourth-order valence-corrected chi connectivity index (χ4v) is 7.62. The molecule has 5 aliphatic rings. The van der Waals surface area contributed by atoms with Crippen LogP contribution < -0.4 is 0 Å². The van der Waals surface area contributed by atoms with Gasteiger partial charge in [0.1, 0.15) is 6.10 Å². The van der Waals surface area contributed by atoms with E-state index in [0.29, 0.717) is 17.1 Å². The van der Waals surface area contributed by atoms with Crippen LogP contribution in [0.5, 0.6) is 0 Å². The highest BCUT2D eigenvalue weighted by atomic mass is 16.7. The molecule has 0 unspecified atom stereocenters. The van der Waals surface area contributed by atoms with Crippen molar-refractivity contribution in [2.75, 3.05) is 6.61 Å². The molecule has 2 bridgehead atoms. The Bertz CT molecular complexity index is 1050. The molecule has 0 aromatic rings. The summed E-state index contributed by atoms with van der Waals surface area (Å²) in [7, 11) is 0. The summed E-state index contributed by atoms with van der Waals surface area (Å²) in [6.07, 6.45) is 4.62. The Morgan fingerprint density at radius 2 is 1.94 bits per heavy atom. The summed E-state index contributed by atoms with van der Waals surface area (Å²) in [5, 5.41) is 12.9. The molecule has 6 heteroatoms. The zero-order valence-electron chi connectivity index (χ0n) is 21.6. The highest BCUT2D eigenvalue weighted by Gasteiger charge is 2.77. The molecule has 1 N–H and O–H groups in total. The Kier molecular flexibility index (Phi) is 5.03. The highest BCUT2D eigenvalue weighted by molar-refractivity contribution is 5.96. The van der Waals surface area contributed by atoms with Gasteiger partial charge >= 0.3 is 5.97 Å². The molecule has 34 heavy (non-hydrogen) atoms. The Balaban J connectivity index is 1.72. The van der Waals surface area contributed by atoms with Gasteiger partial charge in [-0.25, -0.2) is 4.79 Å². The maximum Gasteiger partial charge on any atom is 0.334 e. The summed E-state index contributed by atoms with van der Waals surface area (Å²) in [6, 6.07) is 0. The van der Waals surface area contributed by atoms with Crippen LogP contribution in [0.2, 0.25) is 0 Å². The van der Waals surface area contributed by atoms with Crippen LogP contribution in [-0.4, -0.2) is 47.1 Å². The van der Waals surface area contributed by atoms with E-state index in [-0.39, 0.29) is 35.6 Å². The van der Waals surface area contributed by atoms with Crippen molar-refractivity contribution in [2.24, 2.45) is 34.5 Å². The molecule has 1 saturated heterocycles. The van der Waals surface area contributed by atoms with Crippen molar-refractivity contribution in [3.05, 3.63) is 34.9 Å². The summed E-state index contributed by atoms with van der Waals surface area (Å²) >= 11 is 0. The molecule has 186 valence electrons. The van der Waals surface area contributed by atoms with E-state index < -0.39 is 35.0 Å². The normalized spacial score (nSPS) is 46.1. The lowest BCUT2D eigenvalue weighted by Crippen LogP contribution is -2.68. The van der Waals surface area contributed by atoms with Gasteiger partial charge in [-0.05, 0) is 75.4 Å². The maximum atomic E-state index is 14.6. The molecule has 3 fully saturated rings. The van der Waals surface area contributed by atoms with Crippen LogP contribution in [0.3, 0.4) is 0 Å². The molecule has 1 heterocycles. The second kappa shape index (κ2) is 7.14. The molecular formula is C28H38O6. The third-order valence-electron chi connectivity index (χ3n) is 9.65. The van der Waals surface area contributed by atoms with E-state index in [2.05, 4.69) is 20.8 Å². The molecule has 0 aromatic heterocycles. The van der Waals surface area contributed by atoms with Gasteiger partial charge in [0.05, 0.1) is 12.0 Å². The van der Waals surface area contributed by atoms with Crippen molar-refractivity contribution < 1.29 is 28.9 Å². The van der Waals surface area contributed by atoms with Gasteiger partial charge in [0, 0.05) is 11.5 Å². The topological polar surface area (TPSA) is 82.1 Å². The zero-order chi connectivity index (χ0) is 25.0. The van der Waals surface area contributed by atoms with Crippen LogP contribution in [0.4, 0.5) is 0 Å².